The number of hydrazine groups is 1. The number of nitrogens with zero attached hydrogens (tertiary/aromatic N) is 4. The molecule has 0 amide bonds. The van der Waals surface area contributed by atoms with Crippen LogP contribution in [0.1, 0.15) is 0 Å². The molecular weight excluding hydrogens is 212 g/mol. The summed E-state index contributed by atoms with van der Waals surface area (Å²) in [6, 6.07) is 5.56. The van der Waals surface area contributed by atoms with Gasteiger partial charge in [-0.05, 0) is 23.9 Å². The molecule has 0 atom stereocenters. The predicted octanol–water partition coefficient (Wildman–Crippen LogP) is 0.647. The molecule has 0 aliphatic carbocycles. The van der Waals surface area contributed by atoms with Crippen molar-refractivity contribution in [3.05, 3.63) is 24.5 Å². The van der Waals surface area contributed by atoms with Crippen molar-refractivity contribution in [1.29, 1.82) is 0 Å². The molecule has 0 aliphatic heterocycles. The van der Waals surface area contributed by atoms with Crippen molar-refractivity contribution in [1.82, 2.24) is 19.7 Å². The molecule has 0 saturated heterocycles. The van der Waals surface area contributed by atoms with Crippen molar-refractivity contribution in [3.8, 4) is 0 Å². The lowest BCUT2D eigenvalue weighted by molar-refractivity contribution is 0.787. The minimum Gasteiger partial charge on any atom is -0.311 e. The van der Waals surface area contributed by atoms with E-state index in [0.717, 1.165) is 10.2 Å². The summed E-state index contributed by atoms with van der Waals surface area (Å²) in [5.74, 6) is 5.89. The first-order valence-corrected chi connectivity index (χ1v) is 5.07. The van der Waals surface area contributed by atoms with Gasteiger partial charge in [-0.1, -0.05) is 6.07 Å². The van der Waals surface area contributed by atoms with Crippen molar-refractivity contribution >= 4 is 17.6 Å². The fourth-order valence-electron chi connectivity index (χ4n) is 1.01. The van der Waals surface area contributed by atoms with Crippen molar-refractivity contribution in [2.75, 3.05) is 5.43 Å². The smallest absolute Gasteiger partial charge is 0.197 e. The summed E-state index contributed by atoms with van der Waals surface area (Å²) in [6.45, 7) is 0. The number of aryl methyl sites for hydroxylation is 1. The van der Waals surface area contributed by atoms with E-state index >= 15 is 0 Å². The van der Waals surface area contributed by atoms with Crippen LogP contribution in [0.2, 0.25) is 0 Å². The predicted molar refractivity (Wildman–Crippen MR) is 57.2 cm³/mol. The number of pyridine rings is 1. The average Bonchev–Trinajstić information content (AvgIpc) is 2.65. The monoisotopic (exact) mass is 222 g/mol. The van der Waals surface area contributed by atoms with Gasteiger partial charge in [-0.15, -0.1) is 10.2 Å². The van der Waals surface area contributed by atoms with E-state index in [1.165, 1.54) is 11.8 Å². The molecule has 0 spiro atoms. The van der Waals surface area contributed by atoms with E-state index < -0.39 is 0 Å². The summed E-state index contributed by atoms with van der Waals surface area (Å²) in [7, 11) is 1.88. The first kappa shape index (κ1) is 9.94. The van der Waals surface area contributed by atoms with E-state index in [4.69, 9.17) is 5.84 Å². The molecule has 6 nitrogen and oxygen atoms in total. The van der Waals surface area contributed by atoms with Crippen LogP contribution in [0.5, 0.6) is 0 Å². The summed E-state index contributed by atoms with van der Waals surface area (Å²) < 4.78 is 1.83. The average molecular weight is 222 g/mol. The molecule has 78 valence electrons. The van der Waals surface area contributed by atoms with Crippen LogP contribution in [-0.2, 0) is 7.05 Å². The van der Waals surface area contributed by atoms with Crippen molar-refractivity contribution < 1.29 is 0 Å². The SMILES string of the molecule is Cn1cnnc1Sc1cccc(NN)n1. The van der Waals surface area contributed by atoms with Crippen LogP contribution < -0.4 is 11.3 Å². The molecule has 2 heterocycles. The van der Waals surface area contributed by atoms with Crippen LogP contribution in [0, 0.1) is 0 Å². The standard InChI is InChI=1S/C8H10N6S/c1-14-5-10-13-8(14)15-7-4-2-3-6(11-7)12-9/h2-5H,9H2,1H3,(H,11,12). The Morgan fingerprint density at radius 3 is 3.00 bits per heavy atom. The number of nitrogens with one attached hydrogen (secondary N) is 1. The lowest BCUT2D eigenvalue weighted by Crippen LogP contribution is -2.08. The number of nitrogens with two attached hydrogens (primary N) is 1. The lowest BCUT2D eigenvalue weighted by Gasteiger charge is -2.02. The molecule has 3 N–H and O–H groups in total. The molecule has 0 radical (unpaired) electrons. The van der Waals surface area contributed by atoms with Gasteiger partial charge in [0.2, 0.25) is 0 Å². The molecule has 0 unspecified atom stereocenters. The number of nitrogen functional groups attached to an aromatic ring is 1. The number of rotatable bonds is 3. The normalized spacial score (nSPS) is 10.3. The Bertz CT molecular complexity index is 454. The Labute approximate surface area is 90.9 Å². The fourth-order valence-corrected chi connectivity index (χ4v) is 1.77. The minimum absolute atomic E-state index is 0.627. The molecule has 2 aromatic rings. The molecule has 0 aliphatic rings. The highest BCUT2D eigenvalue weighted by Gasteiger charge is 2.04. The van der Waals surface area contributed by atoms with Gasteiger partial charge < -0.3 is 9.99 Å². The van der Waals surface area contributed by atoms with Gasteiger partial charge in [-0.2, -0.15) is 0 Å². The summed E-state index contributed by atoms with van der Waals surface area (Å²) in [5.41, 5.74) is 2.49. The molecule has 0 bridgehead atoms. The quantitative estimate of drug-likeness (QED) is 0.586. The zero-order valence-electron chi connectivity index (χ0n) is 8.08. The van der Waals surface area contributed by atoms with Gasteiger partial charge >= 0.3 is 0 Å². The van der Waals surface area contributed by atoms with Gasteiger partial charge in [0.25, 0.3) is 0 Å². The van der Waals surface area contributed by atoms with Crippen LogP contribution in [0.3, 0.4) is 0 Å². The minimum atomic E-state index is 0.627. The van der Waals surface area contributed by atoms with E-state index in [9.17, 15) is 0 Å². The van der Waals surface area contributed by atoms with E-state index in [2.05, 4.69) is 20.6 Å². The maximum absolute atomic E-state index is 5.27. The van der Waals surface area contributed by atoms with Gasteiger partial charge in [0.05, 0.1) is 0 Å². The summed E-state index contributed by atoms with van der Waals surface area (Å²) in [6.07, 6.45) is 1.65. The molecule has 2 aromatic heterocycles. The van der Waals surface area contributed by atoms with Crippen LogP contribution >= 0.6 is 11.8 Å². The molecule has 15 heavy (non-hydrogen) atoms. The zero-order valence-corrected chi connectivity index (χ0v) is 8.90. The Balaban J connectivity index is 2.21. The van der Waals surface area contributed by atoms with Gasteiger partial charge in [-0.3, -0.25) is 0 Å². The third-order valence-corrected chi connectivity index (χ3v) is 2.73. The Kier molecular flexibility index (Phi) is 2.84. The summed E-state index contributed by atoms with van der Waals surface area (Å²) >= 11 is 1.43. The molecule has 0 fully saturated rings. The number of aromatic nitrogens is 4. The van der Waals surface area contributed by atoms with E-state index in [1.54, 1.807) is 12.4 Å². The number of hydrogen-bond donors (Lipinski definition) is 2. The second kappa shape index (κ2) is 4.28. The first-order chi connectivity index (χ1) is 7.29. The van der Waals surface area contributed by atoms with Gasteiger partial charge in [0.15, 0.2) is 5.16 Å². The van der Waals surface area contributed by atoms with E-state index in [1.807, 2.05) is 23.7 Å². The highest BCUT2D eigenvalue weighted by atomic mass is 32.2. The summed E-state index contributed by atoms with van der Waals surface area (Å²) in [4.78, 5) is 4.25. The second-order valence-corrected chi connectivity index (χ2v) is 3.82. The first-order valence-electron chi connectivity index (χ1n) is 4.25. The highest BCUT2D eigenvalue weighted by Crippen LogP contribution is 2.23. The zero-order chi connectivity index (χ0) is 10.7. The van der Waals surface area contributed by atoms with Crippen LogP contribution in [0.25, 0.3) is 0 Å². The fraction of sp³-hybridized carbons (Fsp3) is 0.125. The van der Waals surface area contributed by atoms with Gasteiger partial charge in [0.1, 0.15) is 17.2 Å². The van der Waals surface area contributed by atoms with Gasteiger partial charge in [-0.25, -0.2) is 10.8 Å². The Morgan fingerprint density at radius 1 is 1.47 bits per heavy atom. The topological polar surface area (TPSA) is 81.7 Å². The molecule has 0 saturated carbocycles. The lowest BCUT2D eigenvalue weighted by atomic mass is 10.5. The van der Waals surface area contributed by atoms with E-state index in [0.29, 0.717) is 5.82 Å². The third kappa shape index (κ3) is 2.25. The summed E-state index contributed by atoms with van der Waals surface area (Å²) in [5, 5.41) is 9.34. The molecule has 2 rings (SSSR count). The Hall–Kier alpha value is -1.60. The molecule has 7 heteroatoms. The van der Waals surface area contributed by atoms with Crippen LogP contribution in [0.4, 0.5) is 5.82 Å². The highest BCUT2D eigenvalue weighted by molar-refractivity contribution is 7.99. The van der Waals surface area contributed by atoms with Crippen LogP contribution in [0.15, 0.2) is 34.7 Å². The van der Waals surface area contributed by atoms with Crippen molar-refractivity contribution in [2.45, 2.75) is 10.2 Å². The molecule has 0 aromatic carbocycles. The van der Waals surface area contributed by atoms with E-state index in [-0.39, 0.29) is 0 Å². The second-order valence-electron chi connectivity index (χ2n) is 2.83. The molecular formula is C8H10N6S. The number of hydrogen-bond acceptors (Lipinski definition) is 6. The van der Waals surface area contributed by atoms with Crippen LogP contribution in [-0.4, -0.2) is 19.7 Å². The van der Waals surface area contributed by atoms with Crippen molar-refractivity contribution in [2.24, 2.45) is 12.9 Å². The van der Waals surface area contributed by atoms with Crippen molar-refractivity contribution in [3.63, 3.8) is 0 Å². The largest absolute Gasteiger partial charge is 0.311 e. The third-order valence-electron chi connectivity index (χ3n) is 1.74. The van der Waals surface area contributed by atoms with Gasteiger partial charge in [0, 0.05) is 7.05 Å². The number of anilines is 1. The maximum Gasteiger partial charge on any atom is 0.197 e. The maximum atomic E-state index is 5.27. The Morgan fingerprint density at radius 2 is 2.33 bits per heavy atom.